The van der Waals surface area contributed by atoms with Crippen LogP contribution in [0.5, 0.6) is 0 Å². The molecule has 1 fully saturated rings. The molecule has 1 saturated heterocycles. The van der Waals surface area contributed by atoms with Gasteiger partial charge in [-0.15, -0.1) is 0 Å². The second-order valence-corrected chi connectivity index (χ2v) is 6.01. The number of piperazine rings is 1. The van der Waals surface area contributed by atoms with Crippen molar-refractivity contribution in [3.05, 3.63) is 60.1 Å². The molecule has 1 rings (SSSR count). The molecule has 2 N–H and O–H groups in total. The van der Waals surface area contributed by atoms with Gasteiger partial charge in [0.1, 0.15) is 0 Å². The molecule has 1 aliphatic rings. The Hall–Kier alpha value is -2.60. The second-order valence-electron chi connectivity index (χ2n) is 6.01. The first-order valence-corrected chi connectivity index (χ1v) is 8.66. The SMILES string of the molecule is C=N/C=C(N)\C=C/C(C)N1CCN(/C(C)=C/C=C\C=C\C(=O)OC)CC1. The Kier molecular flexibility index (Phi) is 9.79. The number of methoxy groups -OCH3 is 1. The minimum Gasteiger partial charge on any atom is -0.466 e. The summed E-state index contributed by atoms with van der Waals surface area (Å²) in [5.41, 5.74) is 7.60. The minimum atomic E-state index is -0.354. The standard InChI is InChI=1S/C20H30N4O2/c1-17(8-6-5-7-9-20(25)26-4)23-12-14-24(15-13-23)18(2)10-11-19(21)16-22-3/h5-11,16,18H,3,12-15,21H2,1-2,4H3/b6-5-,9-7+,11-10-,17-8+,19-16+. The molecule has 1 heterocycles. The van der Waals surface area contributed by atoms with Crippen molar-refractivity contribution >= 4 is 12.7 Å². The summed E-state index contributed by atoms with van der Waals surface area (Å²) in [5.74, 6) is -0.354. The van der Waals surface area contributed by atoms with Crippen molar-refractivity contribution in [1.29, 1.82) is 0 Å². The van der Waals surface area contributed by atoms with E-state index in [9.17, 15) is 4.79 Å². The van der Waals surface area contributed by atoms with Crippen molar-refractivity contribution in [3.8, 4) is 0 Å². The van der Waals surface area contributed by atoms with Gasteiger partial charge < -0.3 is 15.4 Å². The third-order valence-corrected chi connectivity index (χ3v) is 4.19. The molecule has 0 aliphatic carbocycles. The normalized spacial score (nSPS) is 18.8. The number of carbonyl (C=O) groups is 1. The van der Waals surface area contributed by atoms with Gasteiger partial charge >= 0.3 is 5.97 Å². The van der Waals surface area contributed by atoms with Gasteiger partial charge in [0.25, 0.3) is 0 Å². The summed E-state index contributed by atoms with van der Waals surface area (Å²) < 4.78 is 4.53. The predicted octanol–water partition coefficient (Wildman–Crippen LogP) is 2.24. The summed E-state index contributed by atoms with van der Waals surface area (Å²) in [5, 5.41) is 0. The van der Waals surface area contributed by atoms with Gasteiger partial charge in [-0.2, -0.15) is 0 Å². The van der Waals surface area contributed by atoms with E-state index in [-0.39, 0.29) is 5.97 Å². The van der Waals surface area contributed by atoms with E-state index in [0.717, 1.165) is 26.2 Å². The highest BCUT2D eigenvalue weighted by Crippen LogP contribution is 2.12. The fourth-order valence-electron chi connectivity index (χ4n) is 2.57. The average molecular weight is 358 g/mol. The Morgan fingerprint density at radius 1 is 1.19 bits per heavy atom. The molecule has 142 valence electrons. The number of ether oxygens (including phenoxy) is 1. The zero-order valence-electron chi connectivity index (χ0n) is 16.0. The quantitative estimate of drug-likeness (QED) is 0.312. The molecule has 0 aromatic heterocycles. The molecule has 0 radical (unpaired) electrons. The Labute approximate surface area is 156 Å². The molecular weight excluding hydrogens is 328 g/mol. The summed E-state index contributed by atoms with van der Waals surface area (Å²) in [6.07, 6.45) is 14.4. The highest BCUT2D eigenvalue weighted by Gasteiger charge is 2.19. The number of nitrogens with two attached hydrogens (primary N) is 1. The Balaban J connectivity index is 2.47. The number of nitrogens with zero attached hydrogens (tertiary/aromatic N) is 3. The van der Waals surface area contributed by atoms with E-state index in [1.54, 1.807) is 12.3 Å². The first-order valence-electron chi connectivity index (χ1n) is 8.66. The maximum atomic E-state index is 11.0. The van der Waals surface area contributed by atoms with Gasteiger partial charge in [0.2, 0.25) is 0 Å². The number of allylic oxidation sites excluding steroid dienone is 6. The molecule has 26 heavy (non-hydrogen) atoms. The van der Waals surface area contributed by atoms with E-state index in [4.69, 9.17) is 5.73 Å². The lowest BCUT2D eigenvalue weighted by Crippen LogP contribution is -2.48. The van der Waals surface area contributed by atoms with Crippen LogP contribution >= 0.6 is 0 Å². The third kappa shape index (κ3) is 7.98. The Morgan fingerprint density at radius 2 is 1.88 bits per heavy atom. The van der Waals surface area contributed by atoms with Crippen LogP contribution in [0.3, 0.4) is 0 Å². The van der Waals surface area contributed by atoms with Crippen LogP contribution in [0, 0.1) is 0 Å². The van der Waals surface area contributed by atoms with Crippen molar-refractivity contribution in [2.24, 2.45) is 10.7 Å². The van der Waals surface area contributed by atoms with Crippen molar-refractivity contribution in [3.63, 3.8) is 0 Å². The van der Waals surface area contributed by atoms with Gasteiger partial charge in [-0.25, -0.2) is 4.79 Å². The Morgan fingerprint density at radius 3 is 2.50 bits per heavy atom. The fourth-order valence-corrected chi connectivity index (χ4v) is 2.57. The lowest BCUT2D eigenvalue weighted by molar-refractivity contribution is -0.134. The van der Waals surface area contributed by atoms with E-state index in [0.29, 0.717) is 11.7 Å². The van der Waals surface area contributed by atoms with Gasteiger partial charge in [0.05, 0.1) is 7.11 Å². The van der Waals surface area contributed by atoms with Crippen LogP contribution in [0.1, 0.15) is 13.8 Å². The van der Waals surface area contributed by atoms with Crippen LogP contribution in [0.4, 0.5) is 0 Å². The largest absolute Gasteiger partial charge is 0.466 e. The van der Waals surface area contributed by atoms with Gasteiger partial charge in [0, 0.05) is 55.9 Å². The molecule has 1 unspecified atom stereocenters. The lowest BCUT2D eigenvalue weighted by Gasteiger charge is -2.38. The topological polar surface area (TPSA) is 71.2 Å². The molecule has 1 aliphatic heterocycles. The van der Waals surface area contributed by atoms with Crippen LogP contribution < -0.4 is 5.73 Å². The van der Waals surface area contributed by atoms with Gasteiger partial charge in [-0.1, -0.05) is 24.3 Å². The highest BCUT2D eigenvalue weighted by atomic mass is 16.5. The molecule has 0 saturated carbocycles. The highest BCUT2D eigenvalue weighted by molar-refractivity contribution is 5.82. The molecule has 6 nitrogen and oxygen atoms in total. The smallest absolute Gasteiger partial charge is 0.330 e. The molecule has 0 spiro atoms. The van der Waals surface area contributed by atoms with Crippen molar-refractivity contribution < 1.29 is 9.53 Å². The van der Waals surface area contributed by atoms with Gasteiger partial charge in [-0.3, -0.25) is 9.89 Å². The van der Waals surface area contributed by atoms with Gasteiger partial charge in [0.15, 0.2) is 0 Å². The molecule has 0 aromatic rings. The molecule has 6 heteroatoms. The lowest BCUT2D eigenvalue weighted by atomic mass is 10.2. The number of aliphatic imine (C=N–C) groups is 1. The third-order valence-electron chi connectivity index (χ3n) is 4.19. The number of hydrogen-bond acceptors (Lipinski definition) is 6. The first-order chi connectivity index (χ1) is 12.5. The minimum absolute atomic E-state index is 0.321. The summed E-state index contributed by atoms with van der Waals surface area (Å²) in [6, 6.07) is 0.321. The summed E-state index contributed by atoms with van der Waals surface area (Å²) in [6.45, 7) is 11.6. The predicted molar refractivity (Wildman–Crippen MR) is 108 cm³/mol. The van der Waals surface area contributed by atoms with Crippen molar-refractivity contribution in [1.82, 2.24) is 9.80 Å². The van der Waals surface area contributed by atoms with Gasteiger partial charge in [-0.05, 0) is 32.7 Å². The van der Waals surface area contributed by atoms with E-state index in [2.05, 4.69) is 46.2 Å². The number of rotatable bonds is 8. The molecular formula is C20H30N4O2. The maximum absolute atomic E-state index is 11.0. The van der Waals surface area contributed by atoms with Crippen molar-refractivity contribution in [2.75, 3.05) is 33.3 Å². The number of esters is 1. The average Bonchev–Trinajstić information content (AvgIpc) is 2.65. The van der Waals surface area contributed by atoms with E-state index < -0.39 is 0 Å². The van der Waals surface area contributed by atoms with Crippen LogP contribution in [0.2, 0.25) is 0 Å². The monoisotopic (exact) mass is 358 g/mol. The molecule has 0 amide bonds. The molecule has 1 atom stereocenters. The summed E-state index contributed by atoms with van der Waals surface area (Å²) in [7, 11) is 1.36. The van der Waals surface area contributed by atoms with E-state index in [1.807, 2.05) is 24.3 Å². The van der Waals surface area contributed by atoms with Crippen LogP contribution in [0.25, 0.3) is 0 Å². The van der Waals surface area contributed by atoms with Crippen LogP contribution in [-0.2, 0) is 9.53 Å². The number of hydrogen-bond donors (Lipinski definition) is 1. The summed E-state index contributed by atoms with van der Waals surface area (Å²) >= 11 is 0. The molecule has 0 bridgehead atoms. The van der Waals surface area contributed by atoms with Crippen LogP contribution in [0.15, 0.2) is 65.1 Å². The molecule has 0 aromatic carbocycles. The second kappa shape index (κ2) is 11.9. The Bertz CT molecular complexity index is 609. The van der Waals surface area contributed by atoms with E-state index >= 15 is 0 Å². The first kappa shape index (κ1) is 21.4. The van der Waals surface area contributed by atoms with Crippen LogP contribution in [-0.4, -0.2) is 61.8 Å². The number of carbonyl (C=O) groups excluding carboxylic acids is 1. The maximum Gasteiger partial charge on any atom is 0.330 e. The summed E-state index contributed by atoms with van der Waals surface area (Å²) in [4.78, 5) is 19.4. The van der Waals surface area contributed by atoms with E-state index in [1.165, 1.54) is 18.9 Å². The zero-order valence-corrected chi connectivity index (χ0v) is 16.0. The fraction of sp³-hybridized carbons (Fsp3) is 0.400. The zero-order chi connectivity index (χ0) is 19.4. The van der Waals surface area contributed by atoms with Crippen molar-refractivity contribution in [2.45, 2.75) is 19.9 Å².